The number of methoxy groups -OCH3 is 2. The fraction of sp³-hybridized carbons (Fsp3) is 0.526. The van der Waals surface area contributed by atoms with Crippen molar-refractivity contribution in [2.75, 3.05) is 20.8 Å². The van der Waals surface area contributed by atoms with Crippen LogP contribution in [0.15, 0.2) is 34.7 Å². The minimum absolute atomic E-state index is 0.00663. The number of benzene rings is 1. The van der Waals surface area contributed by atoms with Crippen LogP contribution in [-0.2, 0) is 14.8 Å². The number of nitrogens with one attached hydrogen (secondary N) is 2. The lowest BCUT2D eigenvalue weighted by Crippen LogP contribution is -2.45. The Labute approximate surface area is 161 Å². The molecule has 1 atom stereocenters. The molecule has 1 aliphatic carbocycles. The molecule has 150 valence electrons. The number of allylic oxidation sites excluding steroid dienone is 1. The molecule has 0 aromatic heterocycles. The summed E-state index contributed by atoms with van der Waals surface area (Å²) in [5, 5.41) is 2.79. The van der Waals surface area contributed by atoms with Crippen LogP contribution < -0.4 is 19.5 Å². The maximum absolute atomic E-state index is 12.5. The second-order valence-electron chi connectivity index (χ2n) is 6.51. The molecule has 8 heteroatoms. The van der Waals surface area contributed by atoms with Crippen LogP contribution in [0, 0.1) is 0 Å². The van der Waals surface area contributed by atoms with Gasteiger partial charge in [0.1, 0.15) is 0 Å². The molecule has 0 bridgehead atoms. The lowest BCUT2D eigenvalue weighted by molar-refractivity contribution is -0.122. The predicted octanol–water partition coefficient (Wildman–Crippen LogP) is 2.38. The van der Waals surface area contributed by atoms with E-state index in [0.717, 1.165) is 19.3 Å². The van der Waals surface area contributed by atoms with Crippen molar-refractivity contribution >= 4 is 15.9 Å². The van der Waals surface area contributed by atoms with Crippen molar-refractivity contribution in [3.8, 4) is 11.5 Å². The Kier molecular flexibility index (Phi) is 7.67. The van der Waals surface area contributed by atoms with Gasteiger partial charge in [0.2, 0.25) is 15.9 Å². The zero-order valence-corrected chi connectivity index (χ0v) is 16.9. The highest BCUT2D eigenvalue weighted by Gasteiger charge is 2.23. The van der Waals surface area contributed by atoms with Gasteiger partial charge in [0.15, 0.2) is 11.5 Å². The summed E-state index contributed by atoms with van der Waals surface area (Å²) >= 11 is 0. The van der Waals surface area contributed by atoms with Gasteiger partial charge in [-0.3, -0.25) is 4.79 Å². The number of sulfonamides is 1. The van der Waals surface area contributed by atoms with Gasteiger partial charge < -0.3 is 14.8 Å². The number of rotatable bonds is 9. The highest BCUT2D eigenvalue weighted by atomic mass is 32.2. The second-order valence-corrected chi connectivity index (χ2v) is 8.22. The van der Waals surface area contributed by atoms with Crippen LogP contribution in [0.3, 0.4) is 0 Å². The molecular weight excluding hydrogens is 368 g/mol. The normalized spacial score (nSPS) is 15.6. The molecule has 0 heterocycles. The maximum atomic E-state index is 12.5. The quantitative estimate of drug-likeness (QED) is 0.625. The maximum Gasteiger partial charge on any atom is 0.241 e. The van der Waals surface area contributed by atoms with Gasteiger partial charge >= 0.3 is 0 Å². The van der Waals surface area contributed by atoms with Gasteiger partial charge in [0.05, 0.1) is 25.2 Å². The van der Waals surface area contributed by atoms with Gasteiger partial charge in [-0.25, -0.2) is 8.42 Å². The van der Waals surface area contributed by atoms with E-state index in [1.54, 1.807) is 0 Å². The monoisotopic (exact) mass is 396 g/mol. The first-order valence-corrected chi connectivity index (χ1v) is 10.6. The van der Waals surface area contributed by atoms with Crippen molar-refractivity contribution in [1.82, 2.24) is 10.0 Å². The topological polar surface area (TPSA) is 93.7 Å². The van der Waals surface area contributed by atoms with Crippen molar-refractivity contribution in [2.24, 2.45) is 0 Å². The Morgan fingerprint density at radius 1 is 1.19 bits per heavy atom. The van der Waals surface area contributed by atoms with Crippen LogP contribution in [0.1, 0.15) is 39.0 Å². The average Bonchev–Trinajstić information content (AvgIpc) is 2.67. The Morgan fingerprint density at radius 3 is 2.56 bits per heavy atom. The number of carbonyl (C=O) groups excluding carboxylic acids is 1. The molecule has 1 aliphatic rings. The molecule has 1 aromatic carbocycles. The number of hydrogen-bond acceptors (Lipinski definition) is 5. The van der Waals surface area contributed by atoms with E-state index in [0.29, 0.717) is 18.0 Å². The molecule has 0 saturated carbocycles. The third-order valence-corrected chi connectivity index (χ3v) is 6.06. The third kappa shape index (κ3) is 5.97. The Morgan fingerprint density at radius 2 is 1.93 bits per heavy atom. The van der Waals surface area contributed by atoms with Gasteiger partial charge in [-0.05, 0) is 51.2 Å². The van der Waals surface area contributed by atoms with Gasteiger partial charge in [-0.2, -0.15) is 4.72 Å². The fourth-order valence-corrected chi connectivity index (χ4v) is 4.19. The van der Waals surface area contributed by atoms with E-state index in [1.165, 1.54) is 57.8 Å². The number of ether oxygens (including phenoxy) is 2. The highest BCUT2D eigenvalue weighted by molar-refractivity contribution is 7.89. The Hall–Kier alpha value is -2.06. The molecule has 1 aromatic rings. The first kappa shape index (κ1) is 21.2. The van der Waals surface area contributed by atoms with Crippen molar-refractivity contribution in [3.63, 3.8) is 0 Å². The first-order valence-electron chi connectivity index (χ1n) is 9.07. The van der Waals surface area contributed by atoms with Gasteiger partial charge in [0.25, 0.3) is 0 Å². The smallest absolute Gasteiger partial charge is 0.241 e. The van der Waals surface area contributed by atoms with Crippen LogP contribution in [0.25, 0.3) is 0 Å². The van der Waals surface area contributed by atoms with Crippen LogP contribution in [0.5, 0.6) is 11.5 Å². The molecule has 2 N–H and O–H groups in total. The van der Waals surface area contributed by atoms with E-state index in [4.69, 9.17) is 9.47 Å². The lowest BCUT2D eigenvalue weighted by Gasteiger charge is -2.17. The number of hydrogen-bond donors (Lipinski definition) is 2. The van der Waals surface area contributed by atoms with Gasteiger partial charge in [0, 0.05) is 12.6 Å². The molecule has 0 unspecified atom stereocenters. The summed E-state index contributed by atoms with van der Waals surface area (Å²) in [5.74, 6) is 0.382. The first-order chi connectivity index (χ1) is 12.9. The molecule has 2 rings (SSSR count). The van der Waals surface area contributed by atoms with Gasteiger partial charge in [-0.1, -0.05) is 11.6 Å². The molecule has 0 aliphatic heterocycles. The highest BCUT2D eigenvalue weighted by Crippen LogP contribution is 2.29. The van der Waals surface area contributed by atoms with Crippen LogP contribution in [-0.4, -0.2) is 41.1 Å². The van der Waals surface area contributed by atoms with Gasteiger partial charge in [-0.15, -0.1) is 0 Å². The molecule has 0 saturated heterocycles. The predicted molar refractivity (Wildman–Crippen MR) is 104 cm³/mol. The lowest BCUT2D eigenvalue weighted by atomic mass is 9.97. The summed E-state index contributed by atoms with van der Waals surface area (Å²) in [7, 11) is -0.963. The molecule has 0 radical (unpaired) electrons. The van der Waals surface area contributed by atoms with E-state index < -0.39 is 16.1 Å². The summed E-state index contributed by atoms with van der Waals surface area (Å²) in [6, 6.07) is 3.39. The minimum atomic E-state index is -3.87. The van der Waals surface area contributed by atoms with Crippen molar-refractivity contribution in [2.45, 2.75) is 50.0 Å². The molecular formula is C19H28N2O5S. The van der Waals surface area contributed by atoms with Crippen LogP contribution >= 0.6 is 0 Å². The minimum Gasteiger partial charge on any atom is -0.493 e. The standard InChI is InChI=1S/C19H28N2O5S/c1-14(19(22)20-12-11-15-7-5-4-6-8-15)21-27(23,24)16-9-10-17(25-2)18(13-16)26-3/h7,9-10,13-14,21H,4-6,8,11-12H2,1-3H3,(H,20,22)/t14-/m0/s1. The van der Waals surface area contributed by atoms with Crippen LogP contribution in [0.4, 0.5) is 0 Å². The van der Waals surface area contributed by atoms with E-state index in [1.807, 2.05) is 0 Å². The summed E-state index contributed by atoms with van der Waals surface area (Å²) in [6.45, 7) is 2.03. The van der Waals surface area contributed by atoms with E-state index in [9.17, 15) is 13.2 Å². The number of amides is 1. The zero-order valence-electron chi connectivity index (χ0n) is 16.1. The molecule has 27 heavy (non-hydrogen) atoms. The molecule has 0 fully saturated rings. The SMILES string of the molecule is COc1ccc(S(=O)(=O)N[C@@H](C)C(=O)NCCC2=CCCCC2)cc1OC. The second kappa shape index (κ2) is 9.75. The summed E-state index contributed by atoms with van der Waals surface area (Å²) in [6.07, 6.45) is 7.65. The summed E-state index contributed by atoms with van der Waals surface area (Å²) in [4.78, 5) is 12.2. The molecule has 7 nitrogen and oxygen atoms in total. The van der Waals surface area contributed by atoms with Crippen molar-refractivity contribution < 1.29 is 22.7 Å². The molecule has 1 amide bonds. The third-order valence-electron chi connectivity index (χ3n) is 4.52. The zero-order chi connectivity index (χ0) is 19.9. The van der Waals surface area contributed by atoms with Crippen LogP contribution in [0.2, 0.25) is 0 Å². The summed E-state index contributed by atoms with van der Waals surface area (Å²) < 4.78 is 37.7. The Bertz CT molecular complexity index is 789. The fourth-order valence-electron chi connectivity index (χ4n) is 2.97. The van der Waals surface area contributed by atoms with E-state index in [2.05, 4.69) is 16.1 Å². The number of carbonyl (C=O) groups is 1. The average molecular weight is 397 g/mol. The largest absolute Gasteiger partial charge is 0.493 e. The van der Waals surface area contributed by atoms with Crippen molar-refractivity contribution in [1.29, 1.82) is 0 Å². The van der Waals surface area contributed by atoms with E-state index >= 15 is 0 Å². The Balaban J connectivity index is 1.93. The van der Waals surface area contributed by atoms with Crippen molar-refractivity contribution in [3.05, 3.63) is 29.8 Å². The summed E-state index contributed by atoms with van der Waals surface area (Å²) in [5.41, 5.74) is 1.36. The van der Waals surface area contributed by atoms with E-state index in [-0.39, 0.29) is 10.8 Å². The molecule has 0 spiro atoms.